The van der Waals surface area contributed by atoms with E-state index in [1.54, 1.807) is 7.11 Å². The molecule has 1 aliphatic carbocycles. The largest absolute Gasteiger partial charge is 0.383 e. The summed E-state index contributed by atoms with van der Waals surface area (Å²) in [7, 11) is 1.76. The lowest BCUT2D eigenvalue weighted by Gasteiger charge is -2.32. The molecular formula is C14H28N2O. The Balaban J connectivity index is 2.30. The van der Waals surface area contributed by atoms with E-state index in [1.807, 2.05) is 6.08 Å². The third kappa shape index (κ3) is 6.81. The van der Waals surface area contributed by atoms with Crippen LogP contribution in [0.1, 0.15) is 26.7 Å². The average molecular weight is 240 g/mol. The maximum absolute atomic E-state index is 5.15. The number of nitrogens with zero attached hydrogens (tertiary/aromatic N) is 1. The van der Waals surface area contributed by atoms with Crippen molar-refractivity contribution in [3.63, 3.8) is 0 Å². The Bertz CT molecular complexity index is 224. The Morgan fingerprint density at radius 3 is 2.71 bits per heavy atom. The first kappa shape index (κ1) is 14.7. The fraction of sp³-hybridized carbons (Fsp3) is 0.857. The Morgan fingerprint density at radius 2 is 2.18 bits per heavy atom. The minimum Gasteiger partial charge on any atom is -0.383 e. The molecule has 17 heavy (non-hydrogen) atoms. The van der Waals surface area contributed by atoms with Crippen LogP contribution in [-0.4, -0.2) is 50.8 Å². The molecule has 0 amide bonds. The molecule has 0 saturated heterocycles. The Kier molecular flexibility index (Phi) is 6.17. The molecule has 0 aromatic heterocycles. The molecule has 1 fully saturated rings. The highest BCUT2D eigenvalue weighted by atomic mass is 16.5. The highest BCUT2D eigenvalue weighted by Crippen LogP contribution is 2.22. The predicted molar refractivity (Wildman–Crippen MR) is 73.3 cm³/mol. The molecule has 0 unspecified atom stereocenters. The summed E-state index contributed by atoms with van der Waals surface area (Å²) in [5.41, 5.74) is 0.305. The molecule has 3 nitrogen and oxygen atoms in total. The van der Waals surface area contributed by atoms with Crippen LogP contribution in [0.15, 0.2) is 12.7 Å². The molecule has 0 spiro atoms. The maximum atomic E-state index is 5.15. The van der Waals surface area contributed by atoms with Gasteiger partial charge >= 0.3 is 0 Å². The predicted octanol–water partition coefficient (Wildman–Crippen LogP) is 1.90. The number of hydrogen-bond donors (Lipinski definition) is 1. The van der Waals surface area contributed by atoms with Crippen LogP contribution in [0, 0.1) is 5.41 Å². The third-order valence-electron chi connectivity index (χ3n) is 3.10. The lowest BCUT2D eigenvalue weighted by molar-refractivity contribution is 0.125. The van der Waals surface area contributed by atoms with Crippen LogP contribution in [0.2, 0.25) is 0 Å². The van der Waals surface area contributed by atoms with Gasteiger partial charge in [0, 0.05) is 39.3 Å². The molecule has 0 atom stereocenters. The van der Waals surface area contributed by atoms with E-state index >= 15 is 0 Å². The maximum Gasteiger partial charge on any atom is 0.0589 e. The van der Waals surface area contributed by atoms with Crippen molar-refractivity contribution in [1.29, 1.82) is 0 Å². The first-order valence-corrected chi connectivity index (χ1v) is 6.63. The average Bonchev–Trinajstić information content (AvgIpc) is 3.07. The molecule has 100 valence electrons. The molecule has 1 aliphatic rings. The second-order valence-electron chi connectivity index (χ2n) is 5.84. The van der Waals surface area contributed by atoms with Crippen LogP contribution in [0.5, 0.6) is 0 Å². The van der Waals surface area contributed by atoms with Crippen molar-refractivity contribution in [2.24, 2.45) is 5.41 Å². The molecule has 3 heteroatoms. The van der Waals surface area contributed by atoms with E-state index in [9.17, 15) is 0 Å². The summed E-state index contributed by atoms with van der Waals surface area (Å²) in [4.78, 5) is 2.41. The van der Waals surface area contributed by atoms with E-state index < -0.39 is 0 Å². The summed E-state index contributed by atoms with van der Waals surface area (Å²) in [6.07, 6.45) is 4.69. The van der Waals surface area contributed by atoms with Crippen molar-refractivity contribution >= 4 is 0 Å². The number of hydrogen-bond acceptors (Lipinski definition) is 3. The van der Waals surface area contributed by atoms with Crippen LogP contribution in [0.25, 0.3) is 0 Å². The first-order chi connectivity index (χ1) is 8.07. The quantitative estimate of drug-likeness (QED) is 0.590. The molecule has 1 saturated carbocycles. The SMILES string of the molecule is C=CCN(CCOC)CC(C)(C)CNC1CC1. The van der Waals surface area contributed by atoms with Gasteiger partial charge in [-0.1, -0.05) is 19.9 Å². The van der Waals surface area contributed by atoms with Gasteiger partial charge in [-0.05, 0) is 18.3 Å². The Hall–Kier alpha value is -0.380. The van der Waals surface area contributed by atoms with Gasteiger partial charge in [0.25, 0.3) is 0 Å². The molecule has 0 aromatic carbocycles. The molecule has 0 aliphatic heterocycles. The van der Waals surface area contributed by atoms with Crippen LogP contribution in [-0.2, 0) is 4.74 Å². The number of nitrogens with one attached hydrogen (secondary N) is 1. The van der Waals surface area contributed by atoms with Gasteiger partial charge in [-0.3, -0.25) is 4.90 Å². The van der Waals surface area contributed by atoms with Gasteiger partial charge in [0.05, 0.1) is 6.61 Å². The number of methoxy groups -OCH3 is 1. The normalized spacial score (nSPS) is 16.5. The summed E-state index contributed by atoms with van der Waals surface area (Å²) in [5, 5.41) is 3.62. The number of rotatable bonds is 10. The lowest BCUT2D eigenvalue weighted by atomic mass is 9.92. The van der Waals surface area contributed by atoms with Crippen molar-refractivity contribution in [2.45, 2.75) is 32.7 Å². The van der Waals surface area contributed by atoms with Crippen molar-refractivity contribution in [1.82, 2.24) is 10.2 Å². The highest BCUT2D eigenvalue weighted by Gasteiger charge is 2.26. The van der Waals surface area contributed by atoms with Crippen LogP contribution < -0.4 is 5.32 Å². The first-order valence-electron chi connectivity index (χ1n) is 6.63. The van der Waals surface area contributed by atoms with E-state index in [2.05, 4.69) is 30.6 Å². The van der Waals surface area contributed by atoms with E-state index in [1.165, 1.54) is 12.8 Å². The lowest BCUT2D eigenvalue weighted by Crippen LogP contribution is -2.42. The highest BCUT2D eigenvalue weighted by molar-refractivity contribution is 4.86. The minimum atomic E-state index is 0.305. The third-order valence-corrected chi connectivity index (χ3v) is 3.10. The molecule has 0 bridgehead atoms. The van der Waals surface area contributed by atoms with Crippen LogP contribution in [0.4, 0.5) is 0 Å². The summed E-state index contributed by atoms with van der Waals surface area (Å²) in [5.74, 6) is 0. The molecule has 0 aromatic rings. The van der Waals surface area contributed by atoms with Gasteiger partial charge in [-0.15, -0.1) is 6.58 Å². The summed E-state index contributed by atoms with van der Waals surface area (Å²) >= 11 is 0. The van der Waals surface area contributed by atoms with Gasteiger partial charge in [0.1, 0.15) is 0 Å². The summed E-state index contributed by atoms with van der Waals surface area (Å²) < 4.78 is 5.15. The van der Waals surface area contributed by atoms with E-state index in [-0.39, 0.29) is 0 Å². The second kappa shape index (κ2) is 7.14. The zero-order valence-corrected chi connectivity index (χ0v) is 11.7. The second-order valence-corrected chi connectivity index (χ2v) is 5.84. The standard InChI is InChI=1S/C14H28N2O/c1-5-8-16(9-10-17-4)12-14(2,3)11-15-13-6-7-13/h5,13,15H,1,6-12H2,2-4H3. The number of ether oxygens (including phenoxy) is 1. The van der Waals surface area contributed by atoms with Gasteiger partial charge < -0.3 is 10.1 Å². The Morgan fingerprint density at radius 1 is 1.47 bits per heavy atom. The molecular weight excluding hydrogens is 212 g/mol. The van der Waals surface area contributed by atoms with Crippen molar-refractivity contribution in [3.05, 3.63) is 12.7 Å². The summed E-state index contributed by atoms with van der Waals surface area (Å²) in [6, 6.07) is 0.793. The van der Waals surface area contributed by atoms with Crippen molar-refractivity contribution in [2.75, 3.05) is 39.9 Å². The van der Waals surface area contributed by atoms with Gasteiger partial charge in [0.15, 0.2) is 0 Å². The Labute approximate surface area is 106 Å². The molecule has 1 rings (SSSR count). The van der Waals surface area contributed by atoms with Crippen molar-refractivity contribution < 1.29 is 4.74 Å². The van der Waals surface area contributed by atoms with Gasteiger partial charge in [-0.25, -0.2) is 0 Å². The van der Waals surface area contributed by atoms with Crippen LogP contribution >= 0.6 is 0 Å². The monoisotopic (exact) mass is 240 g/mol. The van der Waals surface area contributed by atoms with E-state index in [0.717, 1.165) is 38.8 Å². The topological polar surface area (TPSA) is 24.5 Å². The molecule has 0 heterocycles. The zero-order valence-electron chi connectivity index (χ0n) is 11.7. The zero-order chi connectivity index (χ0) is 12.7. The van der Waals surface area contributed by atoms with E-state index in [4.69, 9.17) is 4.74 Å². The fourth-order valence-corrected chi connectivity index (χ4v) is 2.01. The van der Waals surface area contributed by atoms with Gasteiger partial charge in [-0.2, -0.15) is 0 Å². The van der Waals surface area contributed by atoms with Crippen LogP contribution in [0.3, 0.4) is 0 Å². The summed E-state index contributed by atoms with van der Waals surface area (Å²) in [6.45, 7) is 13.4. The minimum absolute atomic E-state index is 0.305. The van der Waals surface area contributed by atoms with Gasteiger partial charge in [0.2, 0.25) is 0 Å². The molecule has 1 N–H and O–H groups in total. The molecule has 0 radical (unpaired) electrons. The van der Waals surface area contributed by atoms with Crippen molar-refractivity contribution in [3.8, 4) is 0 Å². The smallest absolute Gasteiger partial charge is 0.0589 e. The fourth-order valence-electron chi connectivity index (χ4n) is 2.01. The van der Waals surface area contributed by atoms with E-state index in [0.29, 0.717) is 5.41 Å².